The third kappa shape index (κ3) is 0.200. The molecule has 0 saturated carbocycles. The van der Waals surface area contributed by atoms with Gasteiger partial charge in [0, 0.05) is 13.1 Å². The Kier molecular flexibility index (Phi) is 0.316. The molecular formula is C4H7NO. The Labute approximate surface area is 36.5 Å². The molecule has 2 aliphatic heterocycles. The quantitative estimate of drug-likeness (QED) is 0.396. The van der Waals surface area contributed by atoms with Gasteiger partial charge in [-0.15, -0.1) is 0 Å². The Morgan fingerprint density at radius 3 is 2.17 bits per heavy atom. The van der Waals surface area contributed by atoms with Crippen LogP contribution in [0.4, 0.5) is 0 Å². The van der Waals surface area contributed by atoms with Crippen LogP contribution in [0.25, 0.3) is 0 Å². The predicted molar refractivity (Wildman–Crippen MR) is 21.6 cm³/mol. The van der Waals surface area contributed by atoms with Crippen LogP contribution in [-0.2, 0) is 4.74 Å². The van der Waals surface area contributed by atoms with Crippen molar-refractivity contribution in [2.75, 3.05) is 19.7 Å². The summed E-state index contributed by atoms with van der Waals surface area (Å²) < 4.78 is 5.07. The summed E-state index contributed by atoms with van der Waals surface area (Å²) in [5.41, 5.74) is 0.361. The van der Waals surface area contributed by atoms with Crippen molar-refractivity contribution < 1.29 is 4.74 Å². The zero-order valence-electron chi connectivity index (χ0n) is 3.53. The van der Waals surface area contributed by atoms with Gasteiger partial charge in [0.05, 0.1) is 6.61 Å². The summed E-state index contributed by atoms with van der Waals surface area (Å²) in [7, 11) is 0. The van der Waals surface area contributed by atoms with Crippen LogP contribution < -0.4 is 5.32 Å². The number of nitrogens with one attached hydrogen (secondary N) is 1. The van der Waals surface area contributed by atoms with E-state index >= 15 is 0 Å². The molecule has 1 spiro atoms. The SMILES string of the molecule is C1NCC12CO2. The van der Waals surface area contributed by atoms with E-state index in [4.69, 9.17) is 4.74 Å². The van der Waals surface area contributed by atoms with E-state index in [1.807, 2.05) is 0 Å². The van der Waals surface area contributed by atoms with E-state index in [-0.39, 0.29) is 0 Å². The minimum Gasteiger partial charge on any atom is -0.367 e. The number of ether oxygens (including phenoxy) is 1. The summed E-state index contributed by atoms with van der Waals surface area (Å²) in [4.78, 5) is 0. The molecule has 0 aromatic carbocycles. The molecule has 0 aliphatic carbocycles. The first-order valence-corrected chi connectivity index (χ1v) is 2.26. The van der Waals surface area contributed by atoms with Crippen molar-refractivity contribution in [2.45, 2.75) is 5.60 Å². The average molecular weight is 85.1 g/mol. The molecule has 0 bridgehead atoms. The van der Waals surface area contributed by atoms with E-state index in [1.54, 1.807) is 0 Å². The van der Waals surface area contributed by atoms with E-state index in [0.717, 1.165) is 19.7 Å². The van der Waals surface area contributed by atoms with Crippen LogP contribution >= 0.6 is 0 Å². The van der Waals surface area contributed by atoms with Crippen LogP contribution in [0, 0.1) is 0 Å². The molecule has 0 atom stereocenters. The van der Waals surface area contributed by atoms with Crippen molar-refractivity contribution in [3.05, 3.63) is 0 Å². The largest absolute Gasteiger partial charge is 0.367 e. The molecule has 0 aromatic heterocycles. The van der Waals surface area contributed by atoms with Gasteiger partial charge in [-0.05, 0) is 0 Å². The molecule has 6 heavy (non-hydrogen) atoms. The Morgan fingerprint density at radius 1 is 1.50 bits per heavy atom. The number of rotatable bonds is 0. The Balaban J connectivity index is 2.09. The zero-order chi connectivity index (χ0) is 4.04. The molecule has 0 amide bonds. The lowest BCUT2D eigenvalue weighted by Gasteiger charge is -2.22. The molecule has 2 rings (SSSR count). The maximum atomic E-state index is 5.07. The van der Waals surface area contributed by atoms with Crippen LogP contribution in [0.5, 0.6) is 0 Å². The van der Waals surface area contributed by atoms with Gasteiger partial charge in [-0.1, -0.05) is 0 Å². The van der Waals surface area contributed by atoms with Crippen LogP contribution in [0.15, 0.2) is 0 Å². The van der Waals surface area contributed by atoms with Crippen molar-refractivity contribution in [3.8, 4) is 0 Å². The second-order valence-electron chi connectivity index (χ2n) is 2.08. The first kappa shape index (κ1) is 2.99. The first-order valence-electron chi connectivity index (χ1n) is 2.26. The summed E-state index contributed by atoms with van der Waals surface area (Å²) >= 11 is 0. The maximum absolute atomic E-state index is 5.07. The molecule has 1 N–H and O–H groups in total. The van der Waals surface area contributed by atoms with Crippen molar-refractivity contribution in [1.29, 1.82) is 0 Å². The summed E-state index contributed by atoms with van der Waals surface area (Å²) in [6, 6.07) is 0. The number of epoxide rings is 1. The van der Waals surface area contributed by atoms with Gasteiger partial charge in [0.2, 0.25) is 0 Å². The fourth-order valence-corrected chi connectivity index (χ4v) is 0.710. The average Bonchev–Trinajstić information content (AvgIpc) is 2.02. The Bertz CT molecular complexity index is 71.6. The van der Waals surface area contributed by atoms with Crippen LogP contribution in [-0.4, -0.2) is 25.3 Å². The molecule has 2 heteroatoms. The van der Waals surface area contributed by atoms with Crippen molar-refractivity contribution in [1.82, 2.24) is 5.32 Å². The normalized spacial score (nSPS) is 36.0. The van der Waals surface area contributed by atoms with Gasteiger partial charge in [0.1, 0.15) is 5.60 Å². The Hall–Kier alpha value is -0.0800. The van der Waals surface area contributed by atoms with Crippen LogP contribution in [0.3, 0.4) is 0 Å². The van der Waals surface area contributed by atoms with E-state index in [0.29, 0.717) is 5.60 Å². The standard InChI is InChI=1S/C4H7NO/c1-4(2-5-1)3-6-4/h5H,1-3H2. The fourth-order valence-electron chi connectivity index (χ4n) is 0.710. The van der Waals surface area contributed by atoms with Crippen molar-refractivity contribution in [2.24, 2.45) is 0 Å². The lowest BCUT2D eigenvalue weighted by molar-refractivity contribution is 0.224. The molecule has 2 aliphatic rings. The highest BCUT2D eigenvalue weighted by atomic mass is 16.6. The second-order valence-corrected chi connectivity index (χ2v) is 2.08. The van der Waals surface area contributed by atoms with E-state index < -0.39 is 0 Å². The minimum atomic E-state index is 0.361. The second kappa shape index (κ2) is 0.634. The highest BCUT2D eigenvalue weighted by molar-refractivity contribution is 5.03. The summed E-state index contributed by atoms with van der Waals surface area (Å²) in [6.07, 6.45) is 0. The van der Waals surface area contributed by atoms with E-state index in [2.05, 4.69) is 5.32 Å². The molecule has 2 heterocycles. The summed E-state index contributed by atoms with van der Waals surface area (Å²) in [6.45, 7) is 3.18. The van der Waals surface area contributed by atoms with Gasteiger partial charge < -0.3 is 10.1 Å². The van der Waals surface area contributed by atoms with E-state index in [1.165, 1.54) is 0 Å². The topological polar surface area (TPSA) is 24.6 Å². The van der Waals surface area contributed by atoms with Gasteiger partial charge in [-0.3, -0.25) is 0 Å². The Morgan fingerprint density at radius 2 is 2.17 bits per heavy atom. The monoisotopic (exact) mass is 85.1 g/mol. The predicted octanol–water partition coefficient (Wildman–Crippen LogP) is -0.641. The van der Waals surface area contributed by atoms with Gasteiger partial charge >= 0.3 is 0 Å². The maximum Gasteiger partial charge on any atom is 0.116 e. The van der Waals surface area contributed by atoms with Gasteiger partial charge in [0.15, 0.2) is 0 Å². The lowest BCUT2D eigenvalue weighted by atomic mass is 10.1. The molecule has 0 aromatic rings. The highest BCUT2D eigenvalue weighted by Crippen LogP contribution is 2.29. The molecule has 2 fully saturated rings. The molecule has 2 nitrogen and oxygen atoms in total. The van der Waals surface area contributed by atoms with Gasteiger partial charge in [0.25, 0.3) is 0 Å². The van der Waals surface area contributed by atoms with Gasteiger partial charge in [-0.25, -0.2) is 0 Å². The first-order chi connectivity index (χ1) is 2.91. The summed E-state index contributed by atoms with van der Waals surface area (Å²) in [5.74, 6) is 0. The third-order valence-corrected chi connectivity index (χ3v) is 1.45. The molecular weight excluding hydrogens is 78.0 g/mol. The fraction of sp³-hybridized carbons (Fsp3) is 1.00. The minimum absolute atomic E-state index is 0.361. The molecule has 34 valence electrons. The highest BCUT2D eigenvalue weighted by Gasteiger charge is 2.49. The smallest absolute Gasteiger partial charge is 0.116 e. The number of hydrogen-bond donors (Lipinski definition) is 1. The van der Waals surface area contributed by atoms with Crippen molar-refractivity contribution >= 4 is 0 Å². The zero-order valence-corrected chi connectivity index (χ0v) is 3.53. The third-order valence-electron chi connectivity index (χ3n) is 1.45. The molecule has 0 unspecified atom stereocenters. The molecule has 0 radical (unpaired) electrons. The van der Waals surface area contributed by atoms with Crippen molar-refractivity contribution in [3.63, 3.8) is 0 Å². The van der Waals surface area contributed by atoms with Gasteiger partial charge in [-0.2, -0.15) is 0 Å². The van der Waals surface area contributed by atoms with Crippen LogP contribution in [0.2, 0.25) is 0 Å². The molecule has 2 saturated heterocycles. The number of hydrogen-bond acceptors (Lipinski definition) is 2. The van der Waals surface area contributed by atoms with Crippen LogP contribution in [0.1, 0.15) is 0 Å². The summed E-state index contributed by atoms with van der Waals surface area (Å²) in [5, 5.41) is 3.14. The lowest BCUT2D eigenvalue weighted by Crippen LogP contribution is -2.50. The van der Waals surface area contributed by atoms with E-state index in [9.17, 15) is 0 Å².